The number of rotatable bonds is 1. The van der Waals surface area contributed by atoms with E-state index in [1.165, 1.54) is 6.07 Å². The SMILES string of the molecule is O=C(O)c1cc(O)nc2ccc(Cl)cc12. The molecule has 5 heteroatoms. The molecule has 4 nitrogen and oxygen atoms in total. The fraction of sp³-hybridized carbons (Fsp3) is 0. The maximum atomic E-state index is 10.9. The average Bonchev–Trinajstić information content (AvgIpc) is 2.17. The summed E-state index contributed by atoms with van der Waals surface area (Å²) in [4.78, 5) is 14.7. The first-order chi connectivity index (χ1) is 7.08. The van der Waals surface area contributed by atoms with Crippen LogP contribution in [0.1, 0.15) is 10.4 Å². The quantitative estimate of drug-likeness (QED) is 0.778. The standard InChI is InChI=1S/C10H6ClNO3/c11-5-1-2-8-6(3-5)7(10(14)15)4-9(13)12-8/h1-4H,(H,12,13)(H,14,15). The summed E-state index contributed by atoms with van der Waals surface area (Å²) in [6.45, 7) is 0. The third-order valence-electron chi connectivity index (χ3n) is 1.99. The predicted molar refractivity (Wildman–Crippen MR) is 55.4 cm³/mol. The van der Waals surface area contributed by atoms with Crippen LogP contribution in [-0.2, 0) is 0 Å². The number of pyridine rings is 1. The first-order valence-corrected chi connectivity index (χ1v) is 4.48. The summed E-state index contributed by atoms with van der Waals surface area (Å²) in [5.74, 6) is -1.44. The van der Waals surface area contributed by atoms with Gasteiger partial charge in [-0.1, -0.05) is 11.6 Å². The Bertz CT molecular complexity index is 554. The van der Waals surface area contributed by atoms with Crippen LogP contribution in [0.3, 0.4) is 0 Å². The Balaban J connectivity index is 2.87. The van der Waals surface area contributed by atoms with E-state index >= 15 is 0 Å². The highest BCUT2D eigenvalue weighted by molar-refractivity contribution is 6.31. The van der Waals surface area contributed by atoms with Crippen LogP contribution in [0.15, 0.2) is 24.3 Å². The highest BCUT2D eigenvalue weighted by atomic mass is 35.5. The van der Waals surface area contributed by atoms with Crippen molar-refractivity contribution in [2.24, 2.45) is 0 Å². The zero-order valence-corrected chi connectivity index (χ0v) is 8.19. The van der Waals surface area contributed by atoms with Crippen LogP contribution >= 0.6 is 11.6 Å². The molecule has 0 unspecified atom stereocenters. The summed E-state index contributed by atoms with van der Waals surface area (Å²) in [6, 6.07) is 5.75. The van der Waals surface area contributed by atoms with Gasteiger partial charge in [0, 0.05) is 16.5 Å². The lowest BCUT2D eigenvalue weighted by molar-refractivity contribution is 0.0698. The summed E-state index contributed by atoms with van der Waals surface area (Å²) < 4.78 is 0. The Hall–Kier alpha value is -1.81. The Morgan fingerprint density at radius 3 is 2.73 bits per heavy atom. The van der Waals surface area contributed by atoms with Crippen LogP contribution in [0.25, 0.3) is 10.9 Å². The van der Waals surface area contributed by atoms with Crippen LogP contribution in [0, 0.1) is 0 Å². The molecule has 0 fully saturated rings. The second kappa shape index (κ2) is 3.40. The summed E-state index contributed by atoms with van der Waals surface area (Å²) in [7, 11) is 0. The van der Waals surface area contributed by atoms with Crippen molar-refractivity contribution in [2.75, 3.05) is 0 Å². The number of carbonyl (C=O) groups is 1. The molecular weight excluding hydrogens is 218 g/mol. The van der Waals surface area contributed by atoms with Gasteiger partial charge in [0.2, 0.25) is 5.88 Å². The van der Waals surface area contributed by atoms with Crippen molar-refractivity contribution in [3.63, 3.8) is 0 Å². The molecule has 1 heterocycles. The predicted octanol–water partition coefficient (Wildman–Crippen LogP) is 2.29. The van der Waals surface area contributed by atoms with Gasteiger partial charge >= 0.3 is 5.97 Å². The molecule has 15 heavy (non-hydrogen) atoms. The van der Waals surface area contributed by atoms with Crippen molar-refractivity contribution in [2.45, 2.75) is 0 Å². The average molecular weight is 224 g/mol. The Kier molecular flexibility index (Phi) is 2.21. The number of benzene rings is 1. The minimum atomic E-state index is -1.13. The number of aromatic hydroxyl groups is 1. The third kappa shape index (κ3) is 1.71. The van der Waals surface area contributed by atoms with Gasteiger partial charge in [0.15, 0.2) is 0 Å². The highest BCUT2D eigenvalue weighted by Gasteiger charge is 2.11. The van der Waals surface area contributed by atoms with Gasteiger partial charge < -0.3 is 10.2 Å². The number of nitrogens with zero attached hydrogens (tertiary/aromatic N) is 1. The lowest BCUT2D eigenvalue weighted by Gasteiger charge is -2.03. The van der Waals surface area contributed by atoms with Crippen molar-refractivity contribution < 1.29 is 15.0 Å². The summed E-state index contributed by atoms with van der Waals surface area (Å²) in [5.41, 5.74) is 0.386. The van der Waals surface area contributed by atoms with E-state index in [1.807, 2.05) is 0 Å². The molecule has 0 bridgehead atoms. The van der Waals surface area contributed by atoms with Gasteiger partial charge in [0.05, 0.1) is 11.1 Å². The largest absolute Gasteiger partial charge is 0.493 e. The number of halogens is 1. The second-order valence-electron chi connectivity index (χ2n) is 2.99. The molecule has 0 spiro atoms. The Morgan fingerprint density at radius 1 is 1.33 bits per heavy atom. The topological polar surface area (TPSA) is 70.4 Å². The van der Waals surface area contributed by atoms with E-state index in [9.17, 15) is 9.90 Å². The third-order valence-corrected chi connectivity index (χ3v) is 2.22. The molecule has 0 atom stereocenters. The van der Waals surface area contributed by atoms with Crippen molar-refractivity contribution in [1.82, 2.24) is 4.98 Å². The molecule has 0 aliphatic rings. The molecule has 0 amide bonds. The van der Waals surface area contributed by atoms with E-state index in [2.05, 4.69) is 4.98 Å². The van der Waals surface area contributed by atoms with E-state index in [0.717, 1.165) is 6.07 Å². The molecule has 0 radical (unpaired) electrons. The number of hydrogen-bond donors (Lipinski definition) is 2. The molecule has 1 aromatic heterocycles. The Morgan fingerprint density at radius 2 is 2.07 bits per heavy atom. The molecule has 2 rings (SSSR count). The van der Waals surface area contributed by atoms with Gasteiger partial charge in [-0.05, 0) is 18.2 Å². The van der Waals surface area contributed by atoms with E-state index < -0.39 is 5.97 Å². The van der Waals surface area contributed by atoms with Gasteiger partial charge in [-0.25, -0.2) is 9.78 Å². The van der Waals surface area contributed by atoms with E-state index in [-0.39, 0.29) is 11.4 Å². The van der Waals surface area contributed by atoms with Crippen molar-refractivity contribution in [1.29, 1.82) is 0 Å². The summed E-state index contributed by atoms with van der Waals surface area (Å²) >= 11 is 5.75. The van der Waals surface area contributed by atoms with Gasteiger partial charge in [0.25, 0.3) is 0 Å². The van der Waals surface area contributed by atoms with Crippen molar-refractivity contribution in [3.8, 4) is 5.88 Å². The minimum Gasteiger partial charge on any atom is -0.493 e. The van der Waals surface area contributed by atoms with Crippen molar-refractivity contribution in [3.05, 3.63) is 34.9 Å². The molecule has 1 aromatic carbocycles. The van der Waals surface area contributed by atoms with Crippen LogP contribution in [0.2, 0.25) is 5.02 Å². The second-order valence-corrected chi connectivity index (χ2v) is 3.43. The van der Waals surface area contributed by atoms with Gasteiger partial charge in [-0.2, -0.15) is 0 Å². The van der Waals surface area contributed by atoms with Gasteiger partial charge in [-0.3, -0.25) is 0 Å². The summed E-state index contributed by atoms with van der Waals surface area (Å²) in [6.07, 6.45) is 0. The maximum absolute atomic E-state index is 10.9. The summed E-state index contributed by atoms with van der Waals surface area (Å²) in [5, 5.41) is 19.0. The van der Waals surface area contributed by atoms with Crippen LogP contribution in [0.4, 0.5) is 0 Å². The minimum absolute atomic E-state index is 0.0139. The smallest absolute Gasteiger partial charge is 0.336 e. The van der Waals surface area contributed by atoms with E-state index in [4.69, 9.17) is 16.7 Å². The number of aromatic nitrogens is 1. The molecule has 0 saturated carbocycles. The highest BCUT2D eigenvalue weighted by Crippen LogP contribution is 2.24. The maximum Gasteiger partial charge on any atom is 0.336 e. The molecule has 0 aliphatic carbocycles. The van der Waals surface area contributed by atoms with Crippen LogP contribution in [0.5, 0.6) is 5.88 Å². The number of carboxylic acids is 1. The van der Waals surface area contributed by atoms with Crippen LogP contribution in [-0.4, -0.2) is 21.2 Å². The molecule has 2 N–H and O–H groups in total. The zero-order valence-electron chi connectivity index (χ0n) is 7.44. The fourth-order valence-corrected chi connectivity index (χ4v) is 1.53. The van der Waals surface area contributed by atoms with Crippen LogP contribution < -0.4 is 0 Å². The lowest BCUT2D eigenvalue weighted by atomic mass is 10.1. The number of fused-ring (bicyclic) bond motifs is 1. The molecule has 0 aliphatic heterocycles. The normalized spacial score (nSPS) is 10.5. The molecule has 76 valence electrons. The number of hydrogen-bond acceptors (Lipinski definition) is 3. The Labute approximate surface area is 89.8 Å². The number of carboxylic acid groups (broad SMARTS) is 1. The van der Waals surface area contributed by atoms with E-state index in [0.29, 0.717) is 15.9 Å². The zero-order chi connectivity index (χ0) is 11.0. The molecular formula is C10H6ClNO3. The van der Waals surface area contributed by atoms with Crippen molar-refractivity contribution >= 4 is 28.5 Å². The molecule has 2 aromatic rings. The van der Waals surface area contributed by atoms with E-state index in [1.54, 1.807) is 12.1 Å². The molecule has 0 saturated heterocycles. The monoisotopic (exact) mass is 223 g/mol. The van der Waals surface area contributed by atoms with Gasteiger partial charge in [0.1, 0.15) is 0 Å². The lowest BCUT2D eigenvalue weighted by Crippen LogP contribution is -1.98. The first kappa shape index (κ1) is 9.73. The van der Waals surface area contributed by atoms with Gasteiger partial charge in [-0.15, -0.1) is 0 Å². The fourth-order valence-electron chi connectivity index (χ4n) is 1.36. The first-order valence-electron chi connectivity index (χ1n) is 4.10. The number of aromatic carboxylic acids is 1.